The number of amides is 1. The van der Waals surface area contributed by atoms with Gasteiger partial charge in [0.1, 0.15) is 5.82 Å². The second kappa shape index (κ2) is 7.19. The van der Waals surface area contributed by atoms with E-state index in [0.717, 1.165) is 5.01 Å². The highest BCUT2D eigenvalue weighted by Gasteiger charge is 2.20. The van der Waals surface area contributed by atoms with Crippen LogP contribution in [0, 0.1) is 5.82 Å². The Morgan fingerprint density at radius 2 is 2.00 bits per heavy atom. The van der Waals surface area contributed by atoms with Crippen molar-refractivity contribution < 1.29 is 14.3 Å². The lowest BCUT2D eigenvalue weighted by molar-refractivity contribution is -0.121. The molecule has 23 heavy (non-hydrogen) atoms. The predicted octanol–water partition coefficient (Wildman–Crippen LogP) is 2.97. The molecular weight excluding hydrogens is 315 g/mol. The lowest BCUT2D eigenvalue weighted by Gasteiger charge is -2.16. The fourth-order valence-corrected chi connectivity index (χ4v) is 2.98. The van der Waals surface area contributed by atoms with Crippen molar-refractivity contribution in [2.75, 3.05) is 6.61 Å². The van der Waals surface area contributed by atoms with Crippen LogP contribution >= 0.6 is 11.3 Å². The van der Waals surface area contributed by atoms with Gasteiger partial charge in [-0.15, -0.1) is 11.3 Å². The number of aromatic nitrogens is 1. The first kappa shape index (κ1) is 17.6. The van der Waals surface area contributed by atoms with E-state index >= 15 is 0 Å². The summed E-state index contributed by atoms with van der Waals surface area (Å²) in [5.74, 6) is -0.576. The average Bonchev–Trinajstić information content (AvgIpc) is 2.94. The number of thiazole rings is 1. The summed E-state index contributed by atoms with van der Waals surface area (Å²) in [7, 11) is 0. The van der Waals surface area contributed by atoms with Gasteiger partial charge in [0.2, 0.25) is 5.91 Å². The number of halogens is 1. The number of aliphatic hydroxyl groups excluding tert-OH is 1. The first-order valence-electron chi connectivity index (χ1n) is 7.40. The lowest BCUT2D eigenvalue weighted by Crippen LogP contribution is -2.32. The average molecular weight is 336 g/mol. The van der Waals surface area contributed by atoms with Crippen LogP contribution in [0.3, 0.4) is 0 Å². The van der Waals surface area contributed by atoms with Gasteiger partial charge in [-0.25, -0.2) is 9.37 Å². The van der Waals surface area contributed by atoms with E-state index in [9.17, 15) is 14.3 Å². The molecule has 2 rings (SSSR count). The van der Waals surface area contributed by atoms with Crippen molar-refractivity contribution >= 4 is 17.2 Å². The molecule has 1 heterocycles. The number of hydrogen-bond acceptors (Lipinski definition) is 4. The SMILES string of the molecule is CC(C)(C)c1nc(CC(=O)NC(CO)c2ccc(F)cc2)cs1. The molecule has 1 unspecified atom stereocenters. The summed E-state index contributed by atoms with van der Waals surface area (Å²) in [5.41, 5.74) is 1.34. The van der Waals surface area contributed by atoms with Crippen LogP contribution in [0.1, 0.15) is 43.1 Å². The highest BCUT2D eigenvalue weighted by atomic mass is 32.1. The Labute approximate surface area is 139 Å². The lowest BCUT2D eigenvalue weighted by atomic mass is 9.98. The summed E-state index contributed by atoms with van der Waals surface area (Å²) in [6.07, 6.45) is 0.157. The van der Waals surface area contributed by atoms with Gasteiger partial charge in [-0.1, -0.05) is 32.9 Å². The van der Waals surface area contributed by atoms with Crippen LogP contribution in [0.25, 0.3) is 0 Å². The minimum absolute atomic E-state index is 0.0405. The fraction of sp³-hybridized carbons (Fsp3) is 0.412. The molecular formula is C17H21FN2O2S. The first-order valence-corrected chi connectivity index (χ1v) is 8.28. The molecule has 0 saturated carbocycles. The number of nitrogens with zero attached hydrogens (tertiary/aromatic N) is 1. The van der Waals surface area contributed by atoms with Crippen LogP contribution in [0.4, 0.5) is 4.39 Å². The summed E-state index contributed by atoms with van der Waals surface area (Å²) >= 11 is 1.54. The normalized spacial score (nSPS) is 12.9. The molecule has 0 bridgehead atoms. The third-order valence-electron chi connectivity index (χ3n) is 3.33. The molecule has 4 nitrogen and oxygen atoms in total. The van der Waals surface area contributed by atoms with Gasteiger partial charge >= 0.3 is 0 Å². The number of hydrogen-bond donors (Lipinski definition) is 2. The molecule has 0 aliphatic rings. The Balaban J connectivity index is 2.00. The third kappa shape index (κ3) is 4.84. The molecule has 6 heteroatoms. The van der Waals surface area contributed by atoms with Gasteiger partial charge in [-0.05, 0) is 17.7 Å². The van der Waals surface area contributed by atoms with Gasteiger partial charge in [0.05, 0.1) is 29.8 Å². The minimum Gasteiger partial charge on any atom is -0.394 e. The van der Waals surface area contributed by atoms with Crippen LogP contribution in [0.5, 0.6) is 0 Å². The van der Waals surface area contributed by atoms with Crippen molar-refractivity contribution in [1.82, 2.24) is 10.3 Å². The number of nitrogens with one attached hydrogen (secondary N) is 1. The Morgan fingerprint density at radius 1 is 1.35 bits per heavy atom. The van der Waals surface area contributed by atoms with Crippen molar-refractivity contribution in [2.24, 2.45) is 0 Å². The standard InChI is InChI=1S/C17H21FN2O2S/c1-17(2,3)16-19-13(10-23-16)8-15(22)20-14(9-21)11-4-6-12(18)7-5-11/h4-7,10,14,21H,8-9H2,1-3H3,(H,20,22). The highest BCUT2D eigenvalue weighted by molar-refractivity contribution is 7.09. The van der Waals surface area contributed by atoms with E-state index in [1.165, 1.54) is 23.5 Å². The van der Waals surface area contributed by atoms with E-state index < -0.39 is 6.04 Å². The molecule has 0 spiro atoms. The van der Waals surface area contributed by atoms with Crippen LogP contribution in [-0.4, -0.2) is 22.6 Å². The van der Waals surface area contributed by atoms with Gasteiger partial charge in [-0.2, -0.15) is 0 Å². The van der Waals surface area contributed by atoms with Crippen LogP contribution in [0.2, 0.25) is 0 Å². The molecule has 124 valence electrons. The topological polar surface area (TPSA) is 62.2 Å². The van der Waals surface area contributed by atoms with E-state index in [4.69, 9.17) is 0 Å². The number of benzene rings is 1. The summed E-state index contributed by atoms with van der Waals surface area (Å²) in [4.78, 5) is 16.6. The largest absolute Gasteiger partial charge is 0.394 e. The summed E-state index contributed by atoms with van der Waals surface area (Å²) in [5, 5.41) is 15.1. The van der Waals surface area contributed by atoms with E-state index in [0.29, 0.717) is 11.3 Å². The van der Waals surface area contributed by atoms with E-state index in [-0.39, 0.29) is 30.2 Å². The van der Waals surface area contributed by atoms with E-state index in [1.807, 2.05) is 5.38 Å². The maximum Gasteiger partial charge on any atom is 0.226 e. The maximum absolute atomic E-state index is 12.9. The van der Waals surface area contributed by atoms with Gasteiger partial charge in [0, 0.05) is 10.8 Å². The highest BCUT2D eigenvalue weighted by Crippen LogP contribution is 2.25. The summed E-state index contributed by atoms with van der Waals surface area (Å²) in [6, 6.07) is 5.16. The van der Waals surface area contributed by atoms with Crippen molar-refractivity contribution in [3.8, 4) is 0 Å². The fourth-order valence-electron chi connectivity index (χ4n) is 2.07. The second-order valence-electron chi connectivity index (χ2n) is 6.42. The Hall–Kier alpha value is -1.79. The molecule has 2 aromatic rings. The second-order valence-corrected chi connectivity index (χ2v) is 7.28. The molecule has 1 aromatic heterocycles. The van der Waals surface area contributed by atoms with E-state index in [1.54, 1.807) is 12.1 Å². The zero-order valence-corrected chi connectivity index (χ0v) is 14.3. The quantitative estimate of drug-likeness (QED) is 0.882. The molecule has 1 aromatic carbocycles. The maximum atomic E-state index is 12.9. The first-order chi connectivity index (χ1) is 10.8. The predicted molar refractivity (Wildman–Crippen MR) is 88.9 cm³/mol. The van der Waals surface area contributed by atoms with Crippen molar-refractivity contribution in [2.45, 2.75) is 38.6 Å². The van der Waals surface area contributed by atoms with Crippen LogP contribution in [-0.2, 0) is 16.6 Å². The van der Waals surface area contributed by atoms with E-state index in [2.05, 4.69) is 31.1 Å². The van der Waals surface area contributed by atoms with Gasteiger partial charge in [0.25, 0.3) is 0 Å². The van der Waals surface area contributed by atoms with Gasteiger partial charge in [-0.3, -0.25) is 4.79 Å². The monoisotopic (exact) mass is 336 g/mol. The molecule has 0 fully saturated rings. The summed E-state index contributed by atoms with van der Waals surface area (Å²) in [6.45, 7) is 5.98. The van der Waals surface area contributed by atoms with Gasteiger partial charge < -0.3 is 10.4 Å². The van der Waals surface area contributed by atoms with Crippen molar-refractivity contribution in [3.63, 3.8) is 0 Å². The Morgan fingerprint density at radius 3 is 2.52 bits per heavy atom. The molecule has 0 aliphatic carbocycles. The molecule has 1 atom stereocenters. The number of carbonyl (C=O) groups is 1. The summed E-state index contributed by atoms with van der Waals surface area (Å²) < 4.78 is 12.9. The van der Waals surface area contributed by atoms with Crippen LogP contribution in [0.15, 0.2) is 29.6 Å². The molecule has 0 aliphatic heterocycles. The van der Waals surface area contributed by atoms with Crippen LogP contribution < -0.4 is 5.32 Å². The molecule has 1 amide bonds. The van der Waals surface area contributed by atoms with Gasteiger partial charge in [0.15, 0.2) is 0 Å². The zero-order valence-electron chi connectivity index (χ0n) is 13.5. The number of carbonyl (C=O) groups excluding carboxylic acids is 1. The Kier molecular flexibility index (Phi) is 5.49. The molecule has 2 N–H and O–H groups in total. The molecule has 0 saturated heterocycles. The number of aliphatic hydroxyl groups is 1. The zero-order chi connectivity index (χ0) is 17.0. The third-order valence-corrected chi connectivity index (χ3v) is 4.64. The minimum atomic E-state index is -0.552. The smallest absolute Gasteiger partial charge is 0.226 e. The molecule has 0 radical (unpaired) electrons. The number of rotatable bonds is 5. The van der Waals surface area contributed by atoms with Crippen molar-refractivity contribution in [3.05, 3.63) is 51.7 Å². The Bertz CT molecular complexity index is 662. The van der Waals surface area contributed by atoms with Crippen molar-refractivity contribution in [1.29, 1.82) is 0 Å².